The molecule has 0 spiro atoms. The molecule has 1 N–H and O–H groups in total. The molecule has 0 unspecified atom stereocenters. The van der Waals surface area contributed by atoms with Crippen LogP contribution < -0.4 is 0 Å². The number of carbonyl (C=O) groups excluding carboxylic acids is 1. The Hall–Kier alpha value is -1.82. The second-order valence-corrected chi connectivity index (χ2v) is 6.81. The van der Waals surface area contributed by atoms with Gasteiger partial charge in [-0.05, 0) is 41.8 Å². The summed E-state index contributed by atoms with van der Waals surface area (Å²) in [5.41, 5.74) is 2.02. The zero-order valence-electron chi connectivity index (χ0n) is 13.0. The summed E-state index contributed by atoms with van der Waals surface area (Å²) in [5, 5.41) is 10.3. The van der Waals surface area contributed by atoms with Crippen molar-refractivity contribution in [3.8, 4) is 0 Å². The van der Waals surface area contributed by atoms with Gasteiger partial charge in [0.05, 0.1) is 5.92 Å². The maximum Gasteiger partial charge on any atom is 0.308 e. The first-order valence-electron chi connectivity index (χ1n) is 7.73. The van der Waals surface area contributed by atoms with Crippen LogP contribution >= 0.6 is 15.9 Å². The molecule has 122 valence electrons. The van der Waals surface area contributed by atoms with E-state index in [1.807, 2.05) is 35.8 Å². The van der Waals surface area contributed by atoms with Crippen LogP contribution in [0.1, 0.15) is 18.5 Å². The Morgan fingerprint density at radius 3 is 2.83 bits per heavy atom. The number of likely N-dealkylation sites (tertiary alicyclic amines) is 1. The molecule has 1 fully saturated rings. The van der Waals surface area contributed by atoms with Crippen LogP contribution in [0.5, 0.6) is 0 Å². The van der Waals surface area contributed by atoms with Crippen LogP contribution in [0.4, 0.5) is 0 Å². The fraction of sp³-hybridized carbons (Fsp3) is 0.412. The van der Waals surface area contributed by atoms with E-state index in [1.165, 1.54) is 0 Å². The molecule has 0 saturated carbocycles. The summed E-state index contributed by atoms with van der Waals surface area (Å²) in [7, 11) is 0. The van der Waals surface area contributed by atoms with E-state index < -0.39 is 11.9 Å². The Labute approximate surface area is 143 Å². The van der Waals surface area contributed by atoms with E-state index in [9.17, 15) is 9.59 Å². The number of hydrogen-bond acceptors (Lipinski definition) is 2. The van der Waals surface area contributed by atoms with Crippen LogP contribution in [-0.4, -0.2) is 39.5 Å². The number of benzene rings is 1. The smallest absolute Gasteiger partial charge is 0.308 e. The van der Waals surface area contributed by atoms with Crippen LogP contribution in [-0.2, 0) is 16.1 Å². The molecule has 1 atom stereocenters. The number of carboxylic acids is 1. The Morgan fingerprint density at radius 1 is 1.35 bits per heavy atom. The lowest BCUT2D eigenvalue weighted by atomic mass is 9.98. The largest absolute Gasteiger partial charge is 0.481 e. The van der Waals surface area contributed by atoms with Gasteiger partial charge < -0.3 is 14.6 Å². The number of para-hydroxylation sites is 1. The van der Waals surface area contributed by atoms with Gasteiger partial charge in [0.15, 0.2) is 0 Å². The van der Waals surface area contributed by atoms with E-state index >= 15 is 0 Å². The van der Waals surface area contributed by atoms with E-state index in [0.717, 1.165) is 27.5 Å². The summed E-state index contributed by atoms with van der Waals surface area (Å²) < 4.78 is 2.99. The van der Waals surface area contributed by atoms with Crippen LogP contribution in [0.2, 0.25) is 0 Å². The van der Waals surface area contributed by atoms with Crippen molar-refractivity contribution in [3.05, 3.63) is 34.4 Å². The second kappa shape index (κ2) is 6.35. The van der Waals surface area contributed by atoms with Crippen LogP contribution in [0.25, 0.3) is 10.9 Å². The van der Waals surface area contributed by atoms with Crippen molar-refractivity contribution in [1.82, 2.24) is 9.47 Å². The molecule has 6 heteroatoms. The van der Waals surface area contributed by atoms with Gasteiger partial charge in [0.2, 0.25) is 5.91 Å². The number of nitrogens with zero attached hydrogens (tertiary/aromatic N) is 2. The number of amides is 1. The number of halogens is 1. The molecule has 0 radical (unpaired) electrons. The van der Waals surface area contributed by atoms with Gasteiger partial charge in [-0.15, -0.1) is 0 Å². The summed E-state index contributed by atoms with van der Waals surface area (Å²) in [6, 6.07) is 7.95. The molecule has 1 aliphatic rings. The molecule has 0 aliphatic carbocycles. The summed E-state index contributed by atoms with van der Waals surface area (Å²) in [6.45, 7) is 3.17. The van der Waals surface area contributed by atoms with Crippen molar-refractivity contribution in [2.75, 3.05) is 13.1 Å². The number of aliphatic carboxylic acids is 1. The fourth-order valence-electron chi connectivity index (χ4n) is 3.23. The zero-order valence-corrected chi connectivity index (χ0v) is 14.5. The SMILES string of the molecule is Cc1c(Br)c2ccccc2n1CC(=O)N1CCC[C@H](C(=O)O)C1. The van der Waals surface area contributed by atoms with E-state index in [-0.39, 0.29) is 12.5 Å². The predicted octanol–water partition coefficient (Wildman–Crippen LogP) is 3.04. The summed E-state index contributed by atoms with van der Waals surface area (Å²) >= 11 is 3.59. The molecule has 2 heterocycles. The Kier molecular flexibility index (Phi) is 4.43. The molecule has 1 aromatic heterocycles. The molecule has 3 rings (SSSR count). The lowest BCUT2D eigenvalue weighted by Gasteiger charge is -2.31. The van der Waals surface area contributed by atoms with Gasteiger partial charge in [-0.2, -0.15) is 0 Å². The second-order valence-electron chi connectivity index (χ2n) is 6.02. The van der Waals surface area contributed by atoms with Crippen LogP contribution in [0, 0.1) is 12.8 Å². The van der Waals surface area contributed by atoms with Gasteiger partial charge in [-0.3, -0.25) is 9.59 Å². The molecule has 0 bridgehead atoms. The summed E-state index contributed by atoms with van der Waals surface area (Å²) in [5.74, 6) is -1.28. The van der Waals surface area contributed by atoms with E-state index in [1.54, 1.807) is 4.90 Å². The highest BCUT2D eigenvalue weighted by Gasteiger charge is 2.28. The minimum Gasteiger partial charge on any atom is -0.481 e. The third kappa shape index (κ3) is 3.00. The third-order valence-corrected chi connectivity index (χ3v) is 5.57. The Balaban J connectivity index is 1.83. The molecule has 1 saturated heterocycles. The van der Waals surface area contributed by atoms with Crippen molar-refractivity contribution in [1.29, 1.82) is 0 Å². The first-order chi connectivity index (χ1) is 11.0. The number of rotatable bonds is 3. The van der Waals surface area contributed by atoms with Crippen LogP contribution in [0.3, 0.4) is 0 Å². The Bertz CT molecular complexity index is 769. The maximum absolute atomic E-state index is 12.6. The van der Waals surface area contributed by atoms with E-state index in [4.69, 9.17) is 5.11 Å². The highest BCUT2D eigenvalue weighted by Crippen LogP contribution is 2.30. The topological polar surface area (TPSA) is 62.5 Å². The van der Waals surface area contributed by atoms with Crippen molar-refractivity contribution >= 4 is 38.7 Å². The quantitative estimate of drug-likeness (QED) is 0.892. The monoisotopic (exact) mass is 378 g/mol. The highest BCUT2D eigenvalue weighted by molar-refractivity contribution is 9.10. The number of carbonyl (C=O) groups is 2. The van der Waals surface area contributed by atoms with E-state index in [2.05, 4.69) is 15.9 Å². The first-order valence-corrected chi connectivity index (χ1v) is 8.52. The molecule has 23 heavy (non-hydrogen) atoms. The summed E-state index contributed by atoms with van der Waals surface area (Å²) in [4.78, 5) is 25.5. The van der Waals surface area contributed by atoms with Crippen LogP contribution in [0.15, 0.2) is 28.7 Å². The number of piperidine rings is 1. The number of fused-ring (bicyclic) bond motifs is 1. The lowest BCUT2D eigenvalue weighted by Crippen LogP contribution is -2.43. The van der Waals surface area contributed by atoms with Gasteiger partial charge in [0, 0.05) is 34.2 Å². The molecule has 1 aliphatic heterocycles. The lowest BCUT2D eigenvalue weighted by molar-refractivity contribution is -0.145. The van der Waals surface area contributed by atoms with Gasteiger partial charge >= 0.3 is 5.97 Å². The first kappa shape index (κ1) is 16.1. The summed E-state index contributed by atoms with van der Waals surface area (Å²) in [6.07, 6.45) is 1.40. The highest BCUT2D eigenvalue weighted by atomic mass is 79.9. The van der Waals surface area contributed by atoms with Crippen molar-refractivity contribution in [2.24, 2.45) is 5.92 Å². The average Bonchev–Trinajstić information content (AvgIpc) is 2.80. The average molecular weight is 379 g/mol. The fourth-order valence-corrected chi connectivity index (χ4v) is 3.78. The molecule has 2 aromatic rings. The van der Waals surface area contributed by atoms with Gasteiger partial charge in [0.1, 0.15) is 6.54 Å². The minimum atomic E-state index is -0.812. The number of carboxylic acid groups (broad SMARTS) is 1. The molecule has 1 aromatic carbocycles. The normalized spacial score (nSPS) is 18.3. The zero-order chi connectivity index (χ0) is 16.6. The maximum atomic E-state index is 12.6. The van der Waals surface area contributed by atoms with Gasteiger partial charge in [0.25, 0.3) is 0 Å². The van der Waals surface area contributed by atoms with Crippen molar-refractivity contribution in [2.45, 2.75) is 26.3 Å². The molecular formula is C17H19BrN2O3. The van der Waals surface area contributed by atoms with Crippen molar-refractivity contribution in [3.63, 3.8) is 0 Å². The molecular weight excluding hydrogens is 360 g/mol. The van der Waals surface area contributed by atoms with Gasteiger partial charge in [-0.1, -0.05) is 18.2 Å². The molecule has 5 nitrogen and oxygen atoms in total. The minimum absolute atomic E-state index is 0.0210. The predicted molar refractivity (Wildman–Crippen MR) is 91.3 cm³/mol. The molecule has 1 amide bonds. The Morgan fingerprint density at radius 2 is 2.09 bits per heavy atom. The van der Waals surface area contributed by atoms with E-state index in [0.29, 0.717) is 19.5 Å². The number of hydrogen-bond donors (Lipinski definition) is 1. The third-order valence-electron chi connectivity index (χ3n) is 4.57. The number of aromatic nitrogens is 1. The van der Waals surface area contributed by atoms with Gasteiger partial charge in [-0.25, -0.2) is 0 Å². The standard InChI is InChI=1S/C17H19BrN2O3/c1-11-16(18)13-6-2-3-7-14(13)20(11)10-15(21)19-8-4-5-12(9-19)17(22)23/h2-3,6-7,12H,4-5,8-10H2,1H3,(H,22,23)/t12-/m0/s1. The van der Waals surface area contributed by atoms with Crippen molar-refractivity contribution < 1.29 is 14.7 Å².